The zero-order valence-corrected chi connectivity index (χ0v) is 10.1. The predicted octanol–water partition coefficient (Wildman–Crippen LogP) is 1.93. The number of carbonyl (C=O) groups excluding carboxylic acids is 1. The Morgan fingerprint density at radius 1 is 1.29 bits per heavy atom. The molecule has 1 amide bonds. The van der Waals surface area contributed by atoms with Gasteiger partial charge in [-0.3, -0.25) is 4.79 Å². The van der Waals surface area contributed by atoms with Crippen molar-refractivity contribution in [3.05, 3.63) is 30.1 Å². The van der Waals surface area contributed by atoms with Gasteiger partial charge in [0.25, 0.3) is 0 Å². The number of halogens is 1. The van der Waals surface area contributed by atoms with Gasteiger partial charge in [-0.25, -0.2) is 4.39 Å². The highest BCUT2D eigenvalue weighted by atomic mass is 19.1. The molecule has 3 nitrogen and oxygen atoms in total. The van der Waals surface area contributed by atoms with E-state index >= 15 is 0 Å². The van der Waals surface area contributed by atoms with Gasteiger partial charge in [0.1, 0.15) is 5.82 Å². The molecule has 1 aromatic rings. The number of benzene rings is 1. The molecule has 0 bridgehead atoms. The number of nitrogens with zero attached hydrogens (tertiary/aromatic N) is 1. The minimum atomic E-state index is -0.283. The van der Waals surface area contributed by atoms with Crippen molar-refractivity contribution in [2.45, 2.75) is 32.4 Å². The van der Waals surface area contributed by atoms with Crippen molar-refractivity contribution in [3.63, 3.8) is 0 Å². The second kappa shape index (κ2) is 4.84. The number of carbonyl (C=O) groups is 1. The zero-order chi connectivity index (χ0) is 12.4. The largest absolute Gasteiger partial charge is 0.308 e. The first-order chi connectivity index (χ1) is 8.09. The van der Waals surface area contributed by atoms with Gasteiger partial charge in [-0.15, -0.1) is 0 Å². The number of hydrogen-bond acceptors (Lipinski definition) is 2. The fourth-order valence-corrected chi connectivity index (χ4v) is 2.13. The molecular weight excluding hydrogens is 219 g/mol. The van der Waals surface area contributed by atoms with Crippen LogP contribution >= 0.6 is 0 Å². The fourth-order valence-electron chi connectivity index (χ4n) is 2.13. The first-order valence-corrected chi connectivity index (χ1v) is 5.91. The third kappa shape index (κ3) is 2.47. The van der Waals surface area contributed by atoms with Gasteiger partial charge in [0.05, 0.1) is 6.04 Å². The van der Waals surface area contributed by atoms with Crippen LogP contribution in [0.1, 0.15) is 20.3 Å². The zero-order valence-electron chi connectivity index (χ0n) is 10.1. The molecule has 1 N–H and O–H groups in total. The molecule has 4 heteroatoms. The quantitative estimate of drug-likeness (QED) is 0.808. The Kier molecular flexibility index (Phi) is 3.43. The maximum absolute atomic E-state index is 12.9. The summed E-state index contributed by atoms with van der Waals surface area (Å²) in [6, 6.07) is 6.02. The van der Waals surface area contributed by atoms with Crippen molar-refractivity contribution >= 4 is 11.6 Å². The number of amides is 1. The first-order valence-electron chi connectivity index (χ1n) is 5.91. The van der Waals surface area contributed by atoms with Gasteiger partial charge in [0, 0.05) is 11.7 Å². The molecule has 1 aromatic carbocycles. The summed E-state index contributed by atoms with van der Waals surface area (Å²) >= 11 is 0. The van der Waals surface area contributed by atoms with Gasteiger partial charge >= 0.3 is 0 Å². The maximum atomic E-state index is 12.9. The van der Waals surface area contributed by atoms with Crippen molar-refractivity contribution in [2.75, 3.05) is 11.4 Å². The monoisotopic (exact) mass is 236 g/mol. The van der Waals surface area contributed by atoms with Crippen molar-refractivity contribution < 1.29 is 9.18 Å². The predicted molar refractivity (Wildman–Crippen MR) is 65.4 cm³/mol. The second-order valence-electron chi connectivity index (χ2n) is 4.50. The second-order valence-corrected chi connectivity index (χ2v) is 4.50. The van der Waals surface area contributed by atoms with Crippen LogP contribution < -0.4 is 10.2 Å². The Labute approximate surface area is 101 Å². The van der Waals surface area contributed by atoms with E-state index in [1.54, 1.807) is 17.0 Å². The summed E-state index contributed by atoms with van der Waals surface area (Å²) in [7, 11) is 0. The van der Waals surface area contributed by atoms with Crippen LogP contribution in [0, 0.1) is 5.82 Å². The Bertz CT molecular complexity index is 404. The first kappa shape index (κ1) is 12.0. The molecule has 1 heterocycles. The minimum absolute atomic E-state index is 0.0432. The van der Waals surface area contributed by atoms with Crippen LogP contribution in [0.25, 0.3) is 0 Å². The number of rotatable bonds is 1. The smallest absolute Gasteiger partial charge is 0.244 e. The van der Waals surface area contributed by atoms with Crippen LogP contribution in [-0.2, 0) is 4.79 Å². The highest BCUT2D eigenvalue weighted by Crippen LogP contribution is 2.21. The molecule has 0 saturated carbocycles. The lowest BCUT2D eigenvalue weighted by molar-refractivity contribution is -0.120. The van der Waals surface area contributed by atoms with E-state index in [9.17, 15) is 9.18 Å². The van der Waals surface area contributed by atoms with Crippen LogP contribution in [0.5, 0.6) is 0 Å². The highest BCUT2D eigenvalue weighted by molar-refractivity contribution is 5.97. The SMILES string of the molecule is CC1NCCC(C)N(c2ccc(F)cc2)C1=O. The van der Waals surface area contributed by atoms with E-state index in [1.165, 1.54) is 12.1 Å². The lowest BCUT2D eigenvalue weighted by Crippen LogP contribution is -2.44. The molecular formula is C13H17FN2O. The molecule has 92 valence electrons. The highest BCUT2D eigenvalue weighted by Gasteiger charge is 2.28. The van der Waals surface area contributed by atoms with Crippen molar-refractivity contribution in [1.82, 2.24) is 5.32 Å². The van der Waals surface area contributed by atoms with Crippen LogP contribution in [0.3, 0.4) is 0 Å². The summed E-state index contributed by atoms with van der Waals surface area (Å²) in [4.78, 5) is 14.0. The lowest BCUT2D eigenvalue weighted by Gasteiger charge is -2.28. The normalized spacial score (nSPS) is 25.8. The van der Waals surface area contributed by atoms with Gasteiger partial charge in [-0.2, -0.15) is 0 Å². The Morgan fingerprint density at radius 2 is 1.94 bits per heavy atom. The molecule has 0 spiro atoms. The molecule has 1 aliphatic rings. The summed E-state index contributed by atoms with van der Waals surface area (Å²) < 4.78 is 12.9. The molecule has 2 unspecified atom stereocenters. The third-order valence-corrected chi connectivity index (χ3v) is 3.17. The summed E-state index contributed by atoms with van der Waals surface area (Å²) in [5.74, 6) is -0.239. The van der Waals surface area contributed by atoms with Gasteiger partial charge in [-0.05, 0) is 51.1 Å². The van der Waals surface area contributed by atoms with E-state index in [0.717, 1.165) is 18.7 Å². The van der Waals surface area contributed by atoms with Gasteiger partial charge < -0.3 is 10.2 Å². The Morgan fingerprint density at radius 3 is 2.59 bits per heavy atom. The van der Waals surface area contributed by atoms with E-state index < -0.39 is 0 Å². The summed E-state index contributed by atoms with van der Waals surface area (Å²) in [5, 5.41) is 3.17. The summed E-state index contributed by atoms with van der Waals surface area (Å²) in [6.45, 7) is 4.70. The minimum Gasteiger partial charge on any atom is -0.308 e. The van der Waals surface area contributed by atoms with E-state index in [4.69, 9.17) is 0 Å². The van der Waals surface area contributed by atoms with Crippen LogP contribution in [-0.4, -0.2) is 24.5 Å². The summed E-state index contributed by atoms with van der Waals surface area (Å²) in [5.41, 5.74) is 0.763. The summed E-state index contributed by atoms with van der Waals surface area (Å²) in [6.07, 6.45) is 0.896. The fraction of sp³-hybridized carbons (Fsp3) is 0.462. The van der Waals surface area contributed by atoms with Crippen molar-refractivity contribution in [3.8, 4) is 0 Å². The molecule has 1 saturated heterocycles. The van der Waals surface area contributed by atoms with E-state index in [0.29, 0.717) is 0 Å². The molecule has 17 heavy (non-hydrogen) atoms. The van der Waals surface area contributed by atoms with E-state index in [1.807, 2.05) is 13.8 Å². The molecule has 1 fully saturated rings. The molecule has 1 aliphatic heterocycles. The Balaban J connectivity index is 2.32. The van der Waals surface area contributed by atoms with Gasteiger partial charge in [0.2, 0.25) is 5.91 Å². The lowest BCUT2D eigenvalue weighted by atomic mass is 10.1. The van der Waals surface area contributed by atoms with Crippen LogP contribution in [0.2, 0.25) is 0 Å². The molecule has 2 atom stereocenters. The maximum Gasteiger partial charge on any atom is 0.244 e. The molecule has 2 rings (SSSR count). The standard InChI is InChI=1S/C13H17FN2O/c1-9-7-8-15-10(2)13(17)16(9)12-5-3-11(14)4-6-12/h3-6,9-10,15H,7-8H2,1-2H3. The Hall–Kier alpha value is -1.42. The van der Waals surface area contributed by atoms with Crippen molar-refractivity contribution in [2.24, 2.45) is 0 Å². The average Bonchev–Trinajstić information content (AvgIpc) is 2.42. The van der Waals surface area contributed by atoms with Crippen LogP contribution in [0.15, 0.2) is 24.3 Å². The molecule has 0 radical (unpaired) electrons. The topological polar surface area (TPSA) is 32.3 Å². The number of hydrogen-bond donors (Lipinski definition) is 1. The average molecular weight is 236 g/mol. The molecule has 0 aromatic heterocycles. The molecule has 0 aliphatic carbocycles. The van der Waals surface area contributed by atoms with E-state index in [2.05, 4.69) is 5.32 Å². The number of nitrogens with one attached hydrogen (secondary N) is 1. The van der Waals surface area contributed by atoms with Gasteiger partial charge in [-0.1, -0.05) is 0 Å². The van der Waals surface area contributed by atoms with E-state index in [-0.39, 0.29) is 23.8 Å². The van der Waals surface area contributed by atoms with Crippen molar-refractivity contribution in [1.29, 1.82) is 0 Å². The van der Waals surface area contributed by atoms with Gasteiger partial charge in [0.15, 0.2) is 0 Å². The number of anilines is 1. The van der Waals surface area contributed by atoms with Crippen LogP contribution in [0.4, 0.5) is 10.1 Å². The third-order valence-electron chi connectivity index (χ3n) is 3.17.